The summed E-state index contributed by atoms with van der Waals surface area (Å²) in [6.07, 6.45) is 1.46. The van der Waals surface area contributed by atoms with Crippen molar-refractivity contribution in [1.29, 1.82) is 0 Å². The number of hydrogen-bond donors (Lipinski definition) is 3. The highest BCUT2D eigenvalue weighted by atomic mass is 16.5. The van der Waals surface area contributed by atoms with Crippen molar-refractivity contribution in [2.75, 3.05) is 13.7 Å². The number of fused-ring (bicyclic) bond motifs is 1. The van der Waals surface area contributed by atoms with Crippen LogP contribution >= 0.6 is 0 Å². The van der Waals surface area contributed by atoms with Crippen molar-refractivity contribution in [3.8, 4) is 5.75 Å². The van der Waals surface area contributed by atoms with E-state index in [1.54, 1.807) is 13.2 Å². The molecule has 0 saturated heterocycles. The number of H-pyrrole nitrogens is 1. The number of nitrogens with one attached hydrogen (secondary N) is 2. The average molecular weight is 302 g/mol. The van der Waals surface area contributed by atoms with Crippen LogP contribution in [0.5, 0.6) is 5.75 Å². The number of benzene rings is 1. The number of carbonyl (C=O) groups is 2. The maximum atomic E-state index is 12.3. The molecule has 3 N–H and O–H groups in total. The Morgan fingerprint density at radius 1 is 1.41 bits per heavy atom. The Morgan fingerprint density at radius 3 is 2.77 bits per heavy atom. The predicted octanol–water partition coefficient (Wildman–Crippen LogP) is 2.25. The van der Waals surface area contributed by atoms with E-state index in [4.69, 9.17) is 9.84 Å². The van der Waals surface area contributed by atoms with Crippen LogP contribution in [0.4, 0.5) is 0 Å². The zero-order valence-corrected chi connectivity index (χ0v) is 12.7. The maximum Gasteiger partial charge on any atom is 0.331 e. The molecule has 22 heavy (non-hydrogen) atoms. The molecular weight excluding hydrogens is 284 g/mol. The fourth-order valence-electron chi connectivity index (χ4n) is 2.20. The van der Waals surface area contributed by atoms with E-state index >= 15 is 0 Å². The zero-order valence-electron chi connectivity index (χ0n) is 12.7. The monoisotopic (exact) mass is 302 g/mol. The second kappa shape index (κ2) is 6.34. The lowest BCUT2D eigenvalue weighted by atomic mass is 10.1. The molecule has 0 fully saturated rings. The van der Waals surface area contributed by atoms with Crippen LogP contribution in [0.1, 0.15) is 23.0 Å². The minimum Gasteiger partial charge on any atom is -0.497 e. The van der Waals surface area contributed by atoms with Gasteiger partial charge in [0.15, 0.2) is 0 Å². The van der Waals surface area contributed by atoms with Crippen LogP contribution in [0.25, 0.3) is 10.9 Å². The van der Waals surface area contributed by atoms with E-state index in [1.807, 2.05) is 19.1 Å². The number of hydrogen-bond acceptors (Lipinski definition) is 3. The van der Waals surface area contributed by atoms with Gasteiger partial charge in [-0.3, -0.25) is 4.79 Å². The van der Waals surface area contributed by atoms with Gasteiger partial charge in [-0.2, -0.15) is 0 Å². The molecule has 6 nitrogen and oxygen atoms in total. The fourth-order valence-corrected chi connectivity index (χ4v) is 2.20. The molecule has 0 spiro atoms. The van der Waals surface area contributed by atoms with Crippen molar-refractivity contribution < 1.29 is 19.4 Å². The molecule has 6 heteroatoms. The summed E-state index contributed by atoms with van der Waals surface area (Å²) in [6, 6.07) is 5.47. The smallest absolute Gasteiger partial charge is 0.331 e. The first-order valence-electron chi connectivity index (χ1n) is 6.78. The van der Waals surface area contributed by atoms with Gasteiger partial charge in [-0.15, -0.1) is 0 Å². The Hall–Kier alpha value is -2.76. The Balaban J connectivity index is 2.26. The molecule has 2 aromatic rings. The molecule has 2 rings (SSSR count). The molecule has 0 bridgehead atoms. The molecule has 0 aliphatic heterocycles. The summed E-state index contributed by atoms with van der Waals surface area (Å²) in [6.45, 7) is 3.46. The van der Waals surface area contributed by atoms with Gasteiger partial charge >= 0.3 is 5.97 Å². The van der Waals surface area contributed by atoms with Gasteiger partial charge in [-0.1, -0.05) is 6.08 Å². The van der Waals surface area contributed by atoms with Gasteiger partial charge in [-0.05, 0) is 32.0 Å². The van der Waals surface area contributed by atoms with E-state index < -0.39 is 5.97 Å². The van der Waals surface area contributed by atoms with Crippen molar-refractivity contribution in [2.24, 2.45) is 0 Å². The third kappa shape index (κ3) is 3.11. The Kier molecular flexibility index (Phi) is 4.50. The highest BCUT2D eigenvalue weighted by Crippen LogP contribution is 2.26. The Morgan fingerprint density at radius 2 is 2.14 bits per heavy atom. The van der Waals surface area contributed by atoms with Crippen LogP contribution in [-0.2, 0) is 4.79 Å². The Labute approximate surface area is 127 Å². The van der Waals surface area contributed by atoms with Crippen LogP contribution in [0.2, 0.25) is 0 Å². The first-order valence-corrected chi connectivity index (χ1v) is 6.78. The van der Waals surface area contributed by atoms with E-state index in [0.29, 0.717) is 11.3 Å². The number of aliphatic carboxylic acids is 1. The average Bonchev–Trinajstić information content (AvgIpc) is 2.81. The number of aryl methyl sites for hydroxylation is 1. The van der Waals surface area contributed by atoms with E-state index in [2.05, 4.69) is 10.3 Å². The van der Waals surface area contributed by atoms with Gasteiger partial charge in [0.05, 0.1) is 12.7 Å². The van der Waals surface area contributed by atoms with E-state index in [-0.39, 0.29) is 18.0 Å². The predicted molar refractivity (Wildman–Crippen MR) is 83.3 cm³/mol. The second-order valence-electron chi connectivity index (χ2n) is 4.94. The topological polar surface area (TPSA) is 91.4 Å². The molecule has 1 amide bonds. The first kappa shape index (κ1) is 15.6. The summed E-state index contributed by atoms with van der Waals surface area (Å²) in [5.74, 6) is -0.587. The lowest BCUT2D eigenvalue weighted by molar-refractivity contribution is -0.132. The largest absolute Gasteiger partial charge is 0.497 e. The molecule has 0 atom stereocenters. The third-order valence-electron chi connectivity index (χ3n) is 3.43. The van der Waals surface area contributed by atoms with Crippen LogP contribution in [0, 0.1) is 6.92 Å². The van der Waals surface area contributed by atoms with Gasteiger partial charge in [0, 0.05) is 28.7 Å². The van der Waals surface area contributed by atoms with E-state index in [0.717, 1.165) is 16.6 Å². The lowest BCUT2D eigenvalue weighted by Gasteiger charge is -2.04. The third-order valence-corrected chi connectivity index (χ3v) is 3.43. The van der Waals surface area contributed by atoms with Crippen LogP contribution in [-0.4, -0.2) is 35.6 Å². The summed E-state index contributed by atoms with van der Waals surface area (Å²) < 4.78 is 5.18. The number of carboxylic acids is 1. The van der Waals surface area contributed by atoms with Crippen molar-refractivity contribution in [3.05, 3.63) is 41.1 Å². The zero-order chi connectivity index (χ0) is 16.3. The van der Waals surface area contributed by atoms with Gasteiger partial charge in [-0.25, -0.2) is 4.79 Å². The number of methoxy groups -OCH3 is 1. The summed E-state index contributed by atoms with van der Waals surface area (Å²) >= 11 is 0. The molecule has 1 heterocycles. The summed E-state index contributed by atoms with van der Waals surface area (Å²) in [5, 5.41) is 12.2. The summed E-state index contributed by atoms with van der Waals surface area (Å²) in [7, 11) is 1.57. The van der Waals surface area contributed by atoms with Crippen LogP contribution in [0.3, 0.4) is 0 Å². The van der Waals surface area contributed by atoms with Gasteiger partial charge in [0.25, 0.3) is 5.91 Å². The van der Waals surface area contributed by atoms with Gasteiger partial charge in [0.2, 0.25) is 0 Å². The molecule has 1 aromatic carbocycles. The van der Waals surface area contributed by atoms with Crippen LogP contribution < -0.4 is 10.1 Å². The second-order valence-corrected chi connectivity index (χ2v) is 4.94. The van der Waals surface area contributed by atoms with E-state index in [1.165, 1.54) is 13.0 Å². The Bertz CT molecular complexity index is 759. The molecular formula is C16H18N2O4. The molecule has 1 aromatic heterocycles. The number of carbonyl (C=O) groups excluding carboxylic acids is 1. The number of carboxylic acid groups (broad SMARTS) is 1. The standard InChI is InChI=1S/C16H18N2O4/c1-9(16(20)21)6-7-17-15(19)14-10(2)18-13-5-4-11(22-3)8-12(13)14/h4-6,8,18H,7H2,1-3H3,(H,17,19)(H,20,21). The number of amides is 1. The highest BCUT2D eigenvalue weighted by molar-refractivity contribution is 6.08. The fraction of sp³-hybridized carbons (Fsp3) is 0.250. The molecule has 0 aliphatic rings. The molecule has 0 radical (unpaired) electrons. The quantitative estimate of drug-likeness (QED) is 0.739. The number of ether oxygens (including phenoxy) is 1. The minimum atomic E-state index is -0.998. The van der Waals surface area contributed by atoms with Crippen molar-refractivity contribution in [2.45, 2.75) is 13.8 Å². The molecule has 0 unspecified atom stereocenters. The highest BCUT2D eigenvalue weighted by Gasteiger charge is 2.16. The van der Waals surface area contributed by atoms with Crippen LogP contribution in [0.15, 0.2) is 29.8 Å². The molecule has 0 saturated carbocycles. The van der Waals surface area contributed by atoms with Crippen molar-refractivity contribution in [1.82, 2.24) is 10.3 Å². The normalized spacial score (nSPS) is 11.5. The van der Waals surface area contributed by atoms with Gasteiger partial charge in [0.1, 0.15) is 5.75 Å². The van der Waals surface area contributed by atoms with E-state index in [9.17, 15) is 9.59 Å². The SMILES string of the molecule is COc1ccc2[nH]c(C)c(C(=O)NCC=C(C)C(=O)O)c2c1. The van der Waals surface area contributed by atoms with Crippen molar-refractivity contribution >= 4 is 22.8 Å². The lowest BCUT2D eigenvalue weighted by Crippen LogP contribution is -2.24. The number of aromatic nitrogens is 1. The number of rotatable bonds is 5. The first-order chi connectivity index (χ1) is 10.4. The minimum absolute atomic E-state index is 0.160. The molecule has 0 aliphatic carbocycles. The maximum absolute atomic E-state index is 12.3. The van der Waals surface area contributed by atoms with Crippen molar-refractivity contribution in [3.63, 3.8) is 0 Å². The molecule has 116 valence electrons. The summed E-state index contributed by atoms with van der Waals surface area (Å²) in [4.78, 5) is 26.2. The van der Waals surface area contributed by atoms with Gasteiger partial charge < -0.3 is 20.1 Å². The summed E-state index contributed by atoms with van der Waals surface area (Å²) in [5.41, 5.74) is 2.33. The number of aromatic amines is 1.